The summed E-state index contributed by atoms with van der Waals surface area (Å²) in [6.07, 6.45) is 2.40. The van der Waals surface area contributed by atoms with E-state index in [9.17, 15) is 9.59 Å². The number of carbonyl (C=O) groups excluding carboxylic acids is 1. The molecule has 0 bridgehead atoms. The van der Waals surface area contributed by atoms with Gasteiger partial charge in [0.2, 0.25) is 0 Å². The summed E-state index contributed by atoms with van der Waals surface area (Å²) in [6.45, 7) is 1.67. The van der Waals surface area contributed by atoms with Gasteiger partial charge in [-0.15, -0.1) is 0 Å². The maximum atomic E-state index is 12.1. The number of pyridine rings is 1. The topological polar surface area (TPSA) is 85.8 Å². The minimum Gasteiger partial charge on any atom is -0.478 e. The van der Waals surface area contributed by atoms with Crippen LogP contribution in [0.15, 0.2) is 18.3 Å². The molecule has 2 heterocycles. The standard InChI is InChI=1S/C14H20N4O3/c1-17(2)12-4-6-18(9-12)14(21)16-8-11-7-10(13(19)20)3-5-15-11/h3,5,7,12H,4,6,8-9H2,1-2H3,(H,16,21)(H,19,20). The molecular weight excluding hydrogens is 272 g/mol. The van der Waals surface area contributed by atoms with Crippen molar-refractivity contribution in [2.75, 3.05) is 27.2 Å². The number of likely N-dealkylation sites (tertiary alicyclic amines) is 1. The van der Waals surface area contributed by atoms with Gasteiger partial charge in [-0.1, -0.05) is 0 Å². The molecule has 114 valence electrons. The second-order valence-electron chi connectivity index (χ2n) is 5.35. The molecule has 0 aromatic carbocycles. The Morgan fingerprint density at radius 2 is 2.29 bits per heavy atom. The van der Waals surface area contributed by atoms with Gasteiger partial charge in [-0.2, -0.15) is 0 Å². The van der Waals surface area contributed by atoms with E-state index in [1.807, 2.05) is 14.1 Å². The summed E-state index contributed by atoms with van der Waals surface area (Å²) in [5, 5.41) is 11.7. The highest BCUT2D eigenvalue weighted by molar-refractivity contribution is 5.87. The predicted octanol–water partition coefficient (Wildman–Crippen LogP) is 0.625. The number of hydrogen-bond acceptors (Lipinski definition) is 4. The minimum atomic E-state index is -1.00. The molecule has 2 rings (SSSR count). The molecule has 7 nitrogen and oxygen atoms in total. The van der Waals surface area contributed by atoms with E-state index in [-0.39, 0.29) is 18.1 Å². The van der Waals surface area contributed by atoms with Crippen molar-refractivity contribution in [2.24, 2.45) is 0 Å². The number of carboxylic acids is 1. The summed E-state index contributed by atoms with van der Waals surface area (Å²) in [5.74, 6) is -1.00. The maximum absolute atomic E-state index is 12.1. The van der Waals surface area contributed by atoms with Crippen LogP contribution in [-0.4, -0.2) is 65.1 Å². The molecule has 1 aromatic rings. The van der Waals surface area contributed by atoms with E-state index in [4.69, 9.17) is 5.11 Å². The van der Waals surface area contributed by atoms with Crippen molar-refractivity contribution in [2.45, 2.75) is 19.0 Å². The van der Waals surface area contributed by atoms with E-state index < -0.39 is 5.97 Å². The number of hydrogen-bond donors (Lipinski definition) is 2. The van der Waals surface area contributed by atoms with Crippen LogP contribution in [-0.2, 0) is 6.54 Å². The van der Waals surface area contributed by atoms with Gasteiger partial charge < -0.3 is 20.2 Å². The van der Waals surface area contributed by atoms with Crippen LogP contribution in [0.2, 0.25) is 0 Å². The van der Waals surface area contributed by atoms with Crippen molar-refractivity contribution in [1.82, 2.24) is 20.1 Å². The lowest BCUT2D eigenvalue weighted by molar-refractivity contribution is 0.0696. The van der Waals surface area contributed by atoms with Crippen LogP contribution in [0, 0.1) is 0 Å². The SMILES string of the molecule is CN(C)C1CCN(C(=O)NCc2cc(C(=O)O)ccn2)C1. The molecule has 0 radical (unpaired) electrons. The van der Waals surface area contributed by atoms with Gasteiger partial charge in [0, 0.05) is 25.3 Å². The summed E-state index contributed by atoms with van der Waals surface area (Å²) < 4.78 is 0. The van der Waals surface area contributed by atoms with Crippen LogP contribution >= 0.6 is 0 Å². The number of carboxylic acid groups (broad SMARTS) is 1. The van der Waals surface area contributed by atoms with Gasteiger partial charge in [-0.3, -0.25) is 4.98 Å². The number of aromatic nitrogens is 1. The molecule has 1 aromatic heterocycles. The highest BCUT2D eigenvalue weighted by Crippen LogP contribution is 2.13. The van der Waals surface area contributed by atoms with Crippen LogP contribution in [0.4, 0.5) is 4.79 Å². The lowest BCUT2D eigenvalue weighted by atomic mass is 10.2. The van der Waals surface area contributed by atoms with Crippen molar-refractivity contribution >= 4 is 12.0 Å². The molecule has 21 heavy (non-hydrogen) atoms. The van der Waals surface area contributed by atoms with E-state index >= 15 is 0 Å². The highest BCUT2D eigenvalue weighted by Gasteiger charge is 2.27. The molecule has 1 aliphatic heterocycles. The zero-order valence-corrected chi connectivity index (χ0v) is 12.2. The average Bonchev–Trinajstić information content (AvgIpc) is 2.95. The van der Waals surface area contributed by atoms with Gasteiger partial charge in [-0.05, 0) is 32.6 Å². The van der Waals surface area contributed by atoms with E-state index in [1.165, 1.54) is 18.3 Å². The van der Waals surface area contributed by atoms with Gasteiger partial charge in [0.1, 0.15) is 0 Å². The van der Waals surface area contributed by atoms with Gasteiger partial charge in [0.05, 0.1) is 17.8 Å². The van der Waals surface area contributed by atoms with E-state index in [0.717, 1.165) is 13.0 Å². The minimum absolute atomic E-state index is 0.137. The van der Waals surface area contributed by atoms with Crippen molar-refractivity contribution < 1.29 is 14.7 Å². The van der Waals surface area contributed by atoms with Crippen LogP contribution in [0.3, 0.4) is 0 Å². The van der Waals surface area contributed by atoms with Crippen molar-refractivity contribution in [3.05, 3.63) is 29.6 Å². The lowest BCUT2D eigenvalue weighted by Crippen LogP contribution is -2.40. The zero-order valence-electron chi connectivity index (χ0n) is 12.2. The van der Waals surface area contributed by atoms with Crippen molar-refractivity contribution in [3.63, 3.8) is 0 Å². The number of amides is 2. The Kier molecular flexibility index (Phi) is 4.74. The maximum Gasteiger partial charge on any atom is 0.335 e. The first-order chi connectivity index (χ1) is 9.97. The second-order valence-corrected chi connectivity index (χ2v) is 5.35. The van der Waals surface area contributed by atoms with Crippen LogP contribution in [0.1, 0.15) is 22.5 Å². The third-order valence-corrected chi connectivity index (χ3v) is 3.67. The van der Waals surface area contributed by atoms with Crippen LogP contribution < -0.4 is 5.32 Å². The monoisotopic (exact) mass is 292 g/mol. The molecular formula is C14H20N4O3. The molecule has 0 spiro atoms. The van der Waals surface area contributed by atoms with E-state index in [2.05, 4.69) is 15.2 Å². The Morgan fingerprint density at radius 3 is 2.90 bits per heavy atom. The Labute approximate surface area is 123 Å². The highest BCUT2D eigenvalue weighted by atomic mass is 16.4. The van der Waals surface area contributed by atoms with Gasteiger partial charge in [0.25, 0.3) is 0 Å². The van der Waals surface area contributed by atoms with Crippen molar-refractivity contribution in [3.8, 4) is 0 Å². The molecule has 2 N–H and O–H groups in total. The summed E-state index contributed by atoms with van der Waals surface area (Å²) in [4.78, 5) is 30.9. The van der Waals surface area contributed by atoms with E-state index in [0.29, 0.717) is 18.3 Å². The Morgan fingerprint density at radius 1 is 1.52 bits per heavy atom. The Balaban J connectivity index is 1.87. The van der Waals surface area contributed by atoms with Crippen molar-refractivity contribution in [1.29, 1.82) is 0 Å². The molecule has 1 atom stereocenters. The Bertz CT molecular complexity index is 533. The Hall–Kier alpha value is -2.15. The quantitative estimate of drug-likeness (QED) is 0.850. The number of rotatable bonds is 4. The summed E-state index contributed by atoms with van der Waals surface area (Å²) in [5.41, 5.74) is 0.703. The summed E-state index contributed by atoms with van der Waals surface area (Å²) in [7, 11) is 4.01. The van der Waals surface area contributed by atoms with Gasteiger partial charge in [-0.25, -0.2) is 9.59 Å². The van der Waals surface area contributed by atoms with Crippen LogP contribution in [0.5, 0.6) is 0 Å². The number of likely N-dealkylation sites (N-methyl/N-ethyl adjacent to an activating group) is 1. The van der Waals surface area contributed by atoms with E-state index in [1.54, 1.807) is 4.90 Å². The first-order valence-electron chi connectivity index (χ1n) is 6.85. The molecule has 0 saturated carbocycles. The first kappa shape index (κ1) is 15.2. The third kappa shape index (κ3) is 3.91. The number of nitrogens with one attached hydrogen (secondary N) is 1. The average molecular weight is 292 g/mol. The fourth-order valence-electron chi connectivity index (χ4n) is 2.33. The molecule has 1 fully saturated rings. The third-order valence-electron chi connectivity index (χ3n) is 3.67. The number of aromatic carboxylic acids is 1. The molecule has 1 unspecified atom stereocenters. The fourth-order valence-corrected chi connectivity index (χ4v) is 2.33. The van der Waals surface area contributed by atoms with Gasteiger partial charge >= 0.3 is 12.0 Å². The second kappa shape index (κ2) is 6.53. The number of nitrogens with zero attached hydrogens (tertiary/aromatic N) is 3. The molecule has 2 amide bonds. The summed E-state index contributed by atoms with van der Waals surface area (Å²) in [6, 6.07) is 3.15. The predicted molar refractivity (Wildman–Crippen MR) is 77.1 cm³/mol. The molecule has 1 saturated heterocycles. The first-order valence-corrected chi connectivity index (χ1v) is 6.85. The largest absolute Gasteiger partial charge is 0.478 e. The van der Waals surface area contributed by atoms with Gasteiger partial charge in [0.15, 0.2) is 0 Å². The summed E-state index contributed by atoms with van der Waals surface area (Å²) >= 11 is 0. The smallest absolute Gasteiger partial charge is 0.335 e. The zero-order chi connectivity index (χ0) is 15.4. The van der Waals surface area contributed by atoms with Crippen LogP contribution in [0.25, 0.3) is 0 Å². The number of carbonyl (C=O) groups is 2. The lowest BCUT2D eigenvalue weighted by Gasteiger charge is -2.20. The molecule has 1 aliphatic rings. The fraction of sp³-hybridized carbons (Fsp3) is 0.500. The molecule has 7 heteroatoms. The normalized spacial score (nSPS) is 18.0. The number of urea groups is 1. The molecule has 0 aliphatic carbocycles.